The summed E-state index contributed by atoms with van der Waals surface area (Å²) in [5.41, 5.74) is 0.959. The van der Waals surface area contributed by atoms with Gasteiger partial charge in [-0.2, -0.15) is 0 Å². The summed E-state index contributed by atoms with van der Waals surface area (Å²) in [4.78, 5) is 4.43. The molecule has 0 aromatic heterocycles. The molecule has 2 unspecified atom stereocenters. The first-order valence-corrected chi connectivity index (χ1v) is 5.73. The maximum absolute atomic E-state index is 5.80. The number of benzene rings is 1. The van der Waals surface area contributed by atoms with E-state index in [1.165, 1.54) is 0 Å². The molecule has 0 saturated carbocycles. The minimum Gasteiger partial charge on any atom is -0.497 e. The predicted octanol–water partition coefficient (Wildman–Crippen LogP) is 2.47. The predicted molar refractivity (Wildman–Crippen MR) is 64.6 cm³/mol. The summed E-state index contributed by atoms with van der Waals surface area (Å²) < 4.78 is 10.7. The number of rotatable bonds is 3. The molecule has 0 amide bonds. The van der Waals surface area contributed by atoms with E-state index >= 15 is 0 Å². The fourth-order valence-corrected chi connectivity index (χ4v) is 1.90. The average Bonchev–Trinajstić information content (AvgIpc) is 2.71. The molecule has 0 spiro atoms. The molecule has 0 fully saturated rings. The summed E-state index contributed by atoms with van der Waals surface area (Å²) in [6, 6.07) is 7.70. The van der Waals surface area contributed by atoms with E-state index in [4.69, 9.17) is 21.1 Å². The topological polar surface area (TPSA) is 30.8 Å². The van der Waals surface area contributed by atoms with Gasteiger partial charge in [-0.15, -0.1) is 11.6 Å². The first kappa shape index (κ1) is 11.3. The van der Waals surface area contributed by atoms with Crippen LogP contribution in [-0.4, -0.2) is 31.0 Å². The summed E-state index contributed by atoms with van der Waals surface area (Å²) in [5.74, 6) is 1.98. The average molecular weight is 240 g/mol. The monoisotopic (exact) mass is 239 g/mol. The molecule has 0 radical (unpaired) electrons. The lowest BCUT2D eigenvalue weighted by Gasteiger charge is -2.09. The largest absolute Gasteiger partial charge is 0.497 e. The zero-order valence-corrected chi connectivity index (χ0v) is 10.1. The molecule has 3 nitrogen and oxygen atoms in total. The quantitative estimate of drug-likeness (QED) is 0.759. The molecular formula is C12H14ClNO2. The second-order valence-electron chi connectivity index (χ2n) is 3.71. The van der Waals surface area contributed by atoms with E-state index in [1.54, 1.807) is 7.11 Å². The van der Waals surface area contributed by atoms with Gasteiger partial charge in [0.2, 0.25) is 5.90 Å². The van der Waals surface area contributed by atoms with Crippen molar-refractivity contribution >= 4 is 17.5 Å². The van der Waals surface area contributed by atoms with E-state index in [0.717, 1.165) is 11.3 Å². The van der Waals surface area contributed by atoms with E-state index in [-0.39, 0.29) is 12.1 Å². The van der Waals surface area contributed by atoms with Gasteiger partial charge >= 0.3 is 0 Å². The van der Waals surface area contributed by atoms with Crippen LogP contribution in [0.4, 0.5) is 0 Å². The van der Waals surface area contributed by atoms with Crippen molar-refractivity contribution in [2.24, 2.45) is 4.99 Å². The first-order valence-electron chi connectivity index (χ1n) is 5.19. The number of hydrogen-bond acceptors (Lipinski definition) is 3. The number of aliphatic imine (C=N–C) groups is 1. The molecule has 4 heteroatoms. The molecule has 1 aromatic carbocycles. The molecule has 2 atom stereocenters. The van der Waals surface area contributed by atoms with Crippen LogP contribution in [0.3, 0.4) is 0 Å². The summed E-state index contributed by atoms with van der Waals surface area (Å²) >= 11 is 5.80. The maximum Gasteiger partial charge on any atom is 0.216 e. The van der Waals surface area contributed by atoms with Crippen molar-refractivity contribution in [2.45, 2.75) is 19.1 Å². The molecule has 86 valence electrons. The Hall–Kier alpha value is -1.22. The highest BCUT2D eigenvalue weighted by atomic mass is 35.5. The second kappa shape index (κ2) is 4.74. The van der Waals surface area contributed by atoms with Gasteiger partial charge in [0.15, 0.2) is 0 Å². The lowest BCUT2D eigenvalue weighted by molar-refractivity contribution is 0.220. The van der Waals surface area contributed by atoms with Crippen molar-refractivity contribution in [2.75, 3.05) is 13.0 Å². The van der Waals surface area contributed by atoms with Crippen LogP contribution in [0.2, 0.25) is 0 Å². The van der Waals surface area contributed by atoms with Crippen LogP contribution in [0.5, 0.6) is 5.75 Å². The lowest BCUT2D eigenvalue weighted by Crippen LogP contribution is -2.19. The standard InChI is InChI=1S/C12H14ClNO2/c1-8-11(7-13)14-12(16-8)9-3-5-10(15-2)6-4-9/h3-6,8,11H,7H2,1-2H3. The van der Waals surface area contributed by atoms with Crippen LogP contribution in [0.25, 0.3) is 0 Å². The first-order chi connectivity index (χ1) is 7.74. The minimum atomic E-state index is 0.0506. The van der Waals surface area contributed by atoms with E-state index in [1.807, 2.05) is 31.2 Å². The maximum atomic E-state index is 5.80. The number of halogens is 1. The van der Waals surface area contributed by atoms with Crippen molar-refractivity contribution in [3.8, 4) is 5.75 Å². The number of nitrogens with zero attached hydrogens (tertiary/aromatic N) is 1. The van der Waals surface area contributed by atoms with Crippen molar-refractivity contribution in [1.82, 2.24) is 0 Å². The molecule has 16 heavy (non-hydrogen) atoms. The summed E-state index contributed by atoms with van der Waals surface area (Å²) in [6.45, 7) is 1.98. The highest BCUT2D eigenvalue weighted by Gasteiger charge is 2.26. The van der Waals surface area contributed by atoms with Crippen LogP contribution in [0.15, 0.2) is 29.3 Å². The third-order valence-corrected chi connectivity index (χ3v) is 2.93. The Bertz CT molecular complexity index is 389. The van der Waals surface area contributed by atoms with Gasteiger partial charge in [0.05, 0.1) is 7.11 Å². The highest BCUT2D eigenvalue weighted by Crippen LogP contribution is 2.20. The Balaban J connectivity index is 2.19. The Morgan fingerprint density at radius 2 is 2.06 bits per heavy atom. The van der Waals surface area contributed by atoms with E-state index in [9.17, 15) is 0 Å². The summed E-state index contributed by atoms with van der Waals surface area (Å²) in [6.07, 6.45) is 0.0506. The van der Waals surface area contributed by atoms with Gasteiger partial charge in [-0.3, -0.25) is 0 Å². The van der Waals surface area contributed by atoms with E-state index < -0.39 is 0 Å². The van der Waals surface area contributed by atoms with E-state index in [0.29, 0.717) is 11.8 Å². The molecular weight excluding hydrogens is 226 g/mol. The van der Waals surface area contributed by atoms with Gasteiger partial charge in [0.25, 0.3) is 0 Å². The molecule has 2 rings (SSSR count). The minimum absolute atomic E-state index is 0.0506. The van der Waals surface area contributed by atoms with Crippen molar-refractivity contribution in [3.63, 3.8) is 0 Å². The zero-order chi connectivity index (χ0) is 11.5. The van der Waals surface area contributed by atoms with Gasteiger partial charge in [0, 0.05) is 11.4 Å². The van der Waals surface area contributed by atoms with Crippen molar-refractivity contribution in [1.29, 1.82) is 0 Å². The zero-order valence-electron chi connectivity index (χ0n) is 9.31. The molecule has 0 saturated heterocycles. The Kier molecular flexibility index (Phi) is 3.34. The number of hydrogen-bond donors (Lipinski definition) is 0. The van der Waals surface area contributed by atoms with Crippen LogP contribution >= 0.6 is 11.6 Å². The summed E-state index contributed by atoms with van der Waals surface area (Å²) in [7, 11) is 1.64. The number of ether oxygens (including phenoxy) is 2. The van der Waals surface area contributed by atoms with Crippen LogP contribution in [-0.2, 0) is 4.74 Å². The van der Waals surface area contributed by atoms with Crippen molar-refractivity contribution < 1.29 is 9.47 Å². The molecule has 1 heterocycles. The molecule has 0 aliphatic carbocycles. The van der Waals surface area contributed by atoms with Gasteiger partial charge in [-0.25, -0.2) is 4.99 Å². The van der Waals surface area contributed by atoms with Gasteiger partial charge in [-0.1, -0.05) is 0 Å². The third-order valence-electron chi connectivity index (χ3n) is 2.62. The SMILES string of the molecule is COc1ccc(C2=NC(CCl)C(C)O2)cc1. The highest BCUT2D eigenvalue weighted by molar-refractivity contribution is 6.18. The van der Waals surface area contributed by atoms with Gasteiger partial charge in [-0.05, 0) is 31.2 Å². The van der Waals surface area contributed by atoms with Crippen LogP contribution < -0.4 is 4.74 Å². The fraction of sp³-hybridized carbons (Fsp3) is 0.417. The second-order valence-corrected chi connectivity index (χ2v) is 4.02. The van der Waals surface area contributed by atoms with Gasteiger partial charge < -0.3 is 9.47 Å². The number of methoxy groups -OCH3 is 1. The Morgan fingerprint density at radius 1 is 1.38 bits per heavy atom. The molecule has 0 bridgehead atoms. The molecule has 0 N–H and O–H groups in total. The summed E-state index contributed by atoms with van der Waals surface area (Å²) in [5, 5.41) is 0. The van der Waals surface area contributed by atoms with Crippen molar-refractivity contribution in [3.05, 3.63) is 29.8 Å². The smallest absolute Gasteiger partial charge is 0.216 e. The Labute approximate surface area is 100 Å². The molecule has 1 aliphatic heterocycles. The molecule has 1 aliphatic rings. The number of alkyl halides is 1. The van der Waals surface area contributed by atoms with E-state index in [2.05, 4.69) is 4.99 Å². The fourth-order valence-electron chi connectivity index (χ4n) is 1.58. The molecule has 1 aromatic rings. The third kappa shape index (κ3) is 2.14. The van der Waals surface area contributed by atoms with Crippen LogP contribution in [0.1, 0.15) is 12.5 Å². The lowest BCUT2D eigenvalue weighted by atomic mass is 10.2. The normalized spacial score (nSPS) is 23.8. The van der Waals surface area contributed by atoms with Crippen LogP contribution in [0, 0.1) is 0 Å². The Morgan fingerprint density at radius 3 is 2.56 bits per heavy atom. The van der Waals surface area contributed by atoms with Gasteiger partial charge in [0.1, 0.15) is 17.9 Å².